The number of carboxylic acid groups (broad SMARTS) is 1. The Morgan fingerprint density at radius 3 is 2.02 bits per heavy atom. The number of nitrogens with one attached hydrogen (secondary N) is 2. The quantitative estimate of drug-likeness (QED) is 0.272. The van der Waals surface area contributed by atoms with Crippen LogP contribution in [-0.2, 0) is 4.79 Å². The summed E-state index contributed by atoms with van der Waals surface area (Å²) < 4.78 is 78.0. The Hall–Kier alpha value is -5.55. The average Bonchev–Trinajstić information content (AvgIpc) is 2.92. The molecule has 2 aromatic heterocycles. The molecule has 0 fully saturated rings. The fraction of sp³-hybridized carbons (Fsp3) is 0.125. The van der Waals surface area contributed by atoms with E-state index < -0.39 is 30.2 Å². The molecule has 0 saturated heterocycles. The Kier molecular flexibility index (Phi) is 9.40. The Morgan fingerprint density at radius 1 is 0.810 bits per heavy atom. The van der Waals surface area contributed by atoms with Crippen molar-refractivity contribution in [2.75, 3.05) is 12.4 Å². The number of aromatic nitrogens is 4. The number of hydrogen-bond acceptors (Lipinski definition) is 9. The largest absolute Gasteiger partial charge is 0.573 e. The highest BCUT2D eigenvalue weighted by molar-refractivity contribution is 6.03. The summed E-state index contributed by atoms with van der Waals surface area (Å²) in [5, 5.41) is 19.9. The molecule has 2 aromatic carbocycles. The van der Waals surface area contributed by atoms with Crippen molar-refractivity contribution in [3.05, 3.63) is 72.1 Å². The molecule has 12 nitrogen and oxygen atoms in total. The second-order valence-corrected chi connectivity index (χ2v) is 7.67. The van der Waals surface area contributed by atoms with Crippen LogP contribution in [0, 0.1) is 0 Å². The highest BCUT2D eigenvalue weighted by Crippen LogP contribution is 2.25. The van der Waals surface area contributed by atoms with Crippen molar-refractivity contribution >= 4 is 34.8 Å². The van der Waals surface area contributed by atoms with E-state index in [2.05, 4.69) is 35.5 Å². The van der Waals surface area contributed by atoms with Crippen molar-refractivity contribution in [3.8, 4) is 17.2 Å². The number of alkyl halides is 6. The Morgan fingerprint density at radius 2 is 1.43 bits per heavy atom. The van der Waals surface area contributed by atoms with Gasteiger partial charge in [-0.05, 0) is 42.5 Å². The minimum absolute atomic E-state index is 0.0699. The molecule has 0 aliphatic heterocycles. The molecule has 42 heavy (non-hydrogen) atoms. The number of carboxylic acids is 1. The number of halogens is 6. The maximum absolute atomic E-state index is 12.4. The fourth-order valence-corrected chi connectivity index (χ4v) is 2.88. The van der Waals surface area contributed by atoms with Crippen LogP contribution in [0.2, 0.25) is 0 Å². The zero-order chi connectivity index (χ0) is 31.1. The maximum Gasteiger partial charge on any atom is 0.573 e. The Labute approximate surface area is 230 Å². The van der Waals surface area contributed by atoms with Crippen LogP contribution in [0.1, 0.15) is 20.8 Å². The number of benzene rings is 2. The molecule has 18 heteroatoms. The molecule has 220 valence electrons. The van der Waals surface area contributed by atoms with Crippen molar-refractivity contribution < 1.29 is 55.3 Å². The van der Waals surface area contributed by atoms with Crippen molar-refractivity contribution in [1.82, 2.24) is 25.5 Å². The predicted molar refractivity (Wildman–Crippen MR) is 130 cm³/mol. The first-order chi connectivity index (χ1) is 19.6. The fourth-order valence-electron chi connectivity index (χ4n) is 2.88. The predicted octanol–water partition coefficient (Wildman–Crippen LogP) is 4.36. The summed E-state index contributed by atoms with van der Waals surface area (Å²) in [4.78, 5) is 41.2. The first-order valence-electron chi connectivity index (χ1n) is 11.1. The third kappa shape index (κ3) is 9.00. The number of hydrogen-bond donors (Lipinski definition) is 3. The molecular weight excluding hydrogens is 582 g/mol. The molecular formula is C24H16F6N6O6. The first kappa shape index (κ1) is 31.0. The van der Waals surface area contributed by atoms with Gasteiger partial charge in [0.2, 0.25) is 5.95 Å². The molecule has 0 aliphatic carbocycles. The lowest BCUT2D eigenvalue weighted by Crippen LogP contribution is -2.21. The van der Waals surface area contributed by atoms with Gasteiger partial charge in [-0.1, -0.05) is 0 Å². The lowest BCUT2D eigenvalue weighted by Gasteiger charge is -2.09. The van der Waals surface area contributed by atoms with Crippen LogP contribution < -0.4 is 20.1 Å². The number of ether oxygens (including phenoxy) is 2. The van der Waals surface area contributed by atoms with Crippen LogP contribution in [0.4, 0.5) is 32.3 Å². The minimum Gasteiger partial charge on any atom is -0.475 e. The molecule has 3 N–H and O–H groups in total. The van der Waals surface area contributed by atoms with E-state index in [4.69, 9.17) is 14.6 Å². The summed E-state index contributed by atoms with van der Waals surface area (Å²) in [5.41, 5.74) is 1.03. The van der Waals surface area contributed by atoms with Crippen molar-refractivity contribution in [2.24, 2.45) is 0 Å². The molecule has 2 amide bonds. The third-order valence-electron chi connectivity index (χ3n) is 4.67. The van der Waals surface area contributed by atoms with E-state index in [0.29, 0.717) is 22.5 Å². The molecule has 2 heterocycles. The number of anilines is 1. The average molecular weight is 598 g/mol. The van der Waals surface area contributed by atoms with Crippen LogP contribution in [0.25, 0.3) is 11.0 Å². The first-order valence-corrected chi connectivity index (χ1v) is 11.1. The summed E-state index contributed by atoms with van der Waals surface area (Å²) in [5.74, 6) is -3.52. The molecule has 0 radical (unpaired) electrons. The van der Waals surface area contributed by atoms with E-state index in [0.717, 1.165) is 12.1 Å². The maximum atomic E-state index is 12.4. The summed E-state index contributed by atoms with van der Waals surface area (Å²) >= 11 is 0. The van der Waals surface area contributed by atoms with Gasteiger partial charge in [0.15, 0.2) is 0 Å². The Balaban J connectivity index is 0.000000616. The van der Waals surface area contributed by atoms with E-state index in [1.807, 2.05) is 0 Å². The van der Waals surface area contributed by atoms with Gasteiger partial charge >= 0.3 is 18.5 Å². The second-order valence-electron chi connectivity index (χ2n) is 7.67. The summed E-state index contributed by atoms with van der Waals surface area (Å²) in [7, 11) is 1.49. The number of carbonyl (C=O) groups is 3. The van der Waals surface area contributed by atoms with E-state index in [1.54, 1.807) is 24.3 Å². The number of aliphatic carboxylic acids is 1. The van der Waals surface area contributed by atoms with Gasteiger partial charge in [-0.3, -0.25) is 19.9 Å². The SMILES string of the molecule is CNC(=O)c1cc(Oc2ccc3nc(NC(=O)c4ccc(OC(F)(F)F)cc4)nnc3c2)ccn1.O=C(O)C(F)(F)F. The number of rotatable bonds is 6. The molecule has 0 spiro atoms. The molecule has 0 aliphatic rings. The molecule has 4 rings (SSSR count). The van der Waals surface area contributed by atoms with Gasteiger partial charge in [-0.25, -0.2) is 9.78 Å². The summed E-state index contributed by atoms with van der Waals surface area (Å²) in [6.45, 7) is 0. The van der Waals surface area contributed by atoms with Crippen molar-refractivity contribution in [1.29, 1.82) is 0 Å². The normalized spacial score (nSPS) is 11.1. The van der Waals surface area contributed by atoms with Crippen molar-refractivity contribution in [3.63, 3.8) is 0 Å². The number of pyridine rings is 1. The number of carbonyl (C=O) groups excluding carboxylic acids is 2. The van der Waals surface area contributed by atoms with Crippen LogP contribution >= 0.6 is 0 Å². The monoisotopic (exact) mass is 598 g/mol. The van der Waals surface area contributed by atoms with Gasteiger partial charge in [0.05, 0.1) is 5.52 Å². The van der Waals surface area contributed by atoms with Crippen molar-refractivity contribution in [2.45, 2.75) is 12.5 Å². The van der Waals surface area contributed by atoms with E-state index in [1.165, 1.54) is 31.4 Å². The number of fused-ring (bicyclic) bond motifs is 1. The standard InChI is InChI=1S/C22H15F3N6O4.C2HF3O2/c1-26-20(33)18-11-15(8-9-27-18)34-14-6-7-16-17(10-14)30-31-21(28-16)29-19(32)12-2-4-13(5-3-12)35-22(23,24)25;3-2(4,5)1(6)7/h2-11H,1H3,(H,26,33)(H,28,29,31,32);(H,6,7). The highest BCUT2D eigenvalue weighted by atomic mass is 19.4. The molecule has 0 unspecified atom stereocenters. The third-order valence-corrected chi connectivity index (χ3v) is 4.67. The molecule has 0 atom stereocenters. The van der Waals surface area contributed by atoms with Gasteiger partial charge in [0, 0.05) is 30.9 Å². The molecule has 4 aromatic rings. The topological polar surface area (TPSA) is 166 Å². The smallest absolute Gasteiger partial charge is 0.475 e. The molecule has 0 bridgehead atoms. The van der Waals surface area contributed by atoms with Gasteiger partial charge in [-0.2, -0.15) is 13.2 Å². The van der Waals surface area contributed by atoms with E-state index >= 15 is 0 Å². The van der Waals surface area contributed by atoms with E-state index in [9.17, 15) is 35.9 Å². The minimum atomic E-state index is -5.08. The zero-order valence-corrected chi connectivity index (χ0v) is 20.8. The second kappa shape index (κ2) is 12.7. The van der Waals surface area contributed by atoms with Gasteiger partial charge in [0.1, 0.15) is 28.5 Å². The summed E-state index contributed by atoms with van der Waals surface area (Å²) in [6.07, 6.45) is -8.47. The van der Waals surface area contributed by atoms with Crippen LogP contribution in [0.15, 0.2) is 60.8 Å². The number of amides is 2. The summed E-state index contributed by atoms with van der Waals surface area (Å²) in [6, 6.07) is 12.2. The van der Waals surface area contributed by atoms with Crippen LogP contribution in [0.5, 0.6) is 17.2 Å². The highest BCUT2D eigenvalue weighted by Gasteiger charge is 2.38. The Bertz CT molecular complexity index is 1600. The lowest BCUT2D eigenvalue weighted by molar-refractivity contribution is -0.274. The van der Waals surface area contributed by atoms with Gasteiger partial charge in [0.25, 0.3) is 11.8 Å². The van der Waals surface area contributed by atoms with Gasteiger partial charge < -0.3 is 19.9 Å². The molecule has 0 saturated carbocycles. The van der Waals surface area contributed by atoms with Crippen LogP contribution in [0.3, 0.4) is 0 Å². The lowest BCUT2D eigenvalue weighted by atomic mass is 10.2. The van der Waals surface area contributed by atoms with E-state index in [-0.39, 0.29) is 23.1 Å². The number of nitrogens with zero attached hydrogens (tertiary/aromatic N) is 4. The van der Waals surface area contributed by atoms with Gasteiger partial charge in [-0.15, -0.1) is 23.4 Å². The zero-order valence-electron chi connectivity index (χ0n) is 20.8. The van der Waals surface area contributed by atoms with Crippen LogP contribution in [-0.4, -0.2) is 62.6 Å².